The summed E-state index contributed by atoms with van der Waals surface area (Å²) in [5.41, 5.74) is 5.48. The van der Waals surface area contributed by atoms with E-state index >= 15 is 0 Å². The molecule has 1 saturated heterocycles. The number of amides is 1. The molecule has 1 heterocycles. The number of Topliss-reactive ketones (excluding diaryl/α,β-unsaturated/α-hetero) is 1. The Morgan fingerprint density at radius 3 is 2.79 bits per heavy atom. The van der Waals surface area contributed by atoms with Gasteiger partial charge in [0.25, 0.3) is 0 Å². The van der Waals surface area contributed by atoms with Crippen molar-refractivity contribution in [1.29, 1.82) is 0 Å². The summed E-state index contributed by atoms with van der Waals surface area (Å²) < 4.78 is 0. The first-order valence-electron chi connectivity index (χ1n) is 4.32. The number of aliphatic hydroxyl groups is 1. The Labute approximate surface area is 88.4 Å². The Hall–Kier alpha value is -0.650. The zero-order valence-corrected chi connectivity index (χ0v) is 8.55. The highest BCUT2D eigenvalue weighted by molar-refractivity contribution is 5.86. The third-order valence-electron chi connectivity index (χ3n) is 2.27. The van der Waals surface area contributed by atoms with Crippen molar-refractivity contribution in [3.05, 3.63) is 0 Å². The van der Waals surface area contributed by atoms with Crippen molar-refractivity contribution in [2.75, 3.05) is 13.2 Å². The van der Waals surface area contributed by atoms with Gasteiger partial charge in [0.1, 0.15) is 6.61 Å². The van der Waals surface area contributed by atoms with Crippen LogP contribution in [-0.2, 0) is 9.59 Å². The van der Waals surface area contributed by atoms with Gasteiger partial charge in [-0.3, -0.25) is 9.59 Å². The monoisotopic (exact) mass is 222 g/mol. The van der Waals surface area contributed by atoms with Crippen LogP contribution < -0.4 is 11.1 Å². The Morgan fingerprint density at radius 1 is 1.71 bits per heavy atom. The predicted octanol–water partition coefficient (Wildman–Crippen LogP) is -1.18. The molecule has 4 N–H and O–H groups in total. The zero-order valence-electron chi connectivity index (χ0n) is 7.73. The van der Waals surface area contributed by atoms with Gasteiger partial charge in [0.15, 0.2) is 5.78 Å². The normalized spacial score (nSPS) is 22.4. The van der Waals surface area contributed by atoms with Crippen LogP contribution in [0.2, 0.25) is 0 Å². The number of nitrogens with two attached hydrogens (primary N) is 1. The maximum Gasteiger partial charge on any atom is 0.223 e. The van der Waals surface area contributed by atoms with Crippen LogP contribution in [0, 0.1) is 5.92 Å². The van der Waals surface area contributed by atoms with E-state index in [-0.39, 0.29) is 24.2 Å². The molecule has 1 fully saturated rings. The van der Waals surface area contributed by atoms with Gasteiger partial charge in [-0.25, -0.2) is 0 Å². The molecule has 1 aliphatic rings. The Bertz CT molecular complexity index is 223. The second-order valence-electron chi connectivity index (χ2n) is 3.24. The highest BCUT2D eigenvalue weighted by Crippen LogP contribution is 2.15. The van der Waals surface area contributed by atoms with Crippen LogP contribution in [0.3, 0.4) is 0 Å². The third-order valence-corrected chi connectivity index (χ3v) is 2.27. The van der Waals surface area contributed by atoms with Crippen LogP contribution in [0.25, 0.3) is 0 Å². The number of halogens is 1. The molecule has 14 heavy (non-hydrogen) atoms. The van der Waals surface area contributed by atoms with E-state index in [0.29, 0.717) is 13.0 Å². The summed E-state index contributed by atoms with van der Waals surface area (Å²) in [6.07, 6.45) is 1.07. The van der Waals surface area contributed by atoms with E-state index in [2.05, 4.69) is 5.32 Å². The molecule has 0 saturated carbocycles. The van der Waals surface area contributed by atoms with Crippen LogP contribution in [0.1, 0.15) is 12.8 Å². The molecule has 1 rings (SSSR count). The largest absolute Gasteiger partial charge is 0.389 e. The molecule has 1 amide bonds. The summed E-state index contributed by atoms with van der Waals surface area (Å²) in [7, 11) is 0. The fourth-order valence-electron chi connectivity index (χ4n) is 1.43. The fraction of sp³-hybridized carbons (Fsp3) is 0.750. The number of rotatable bonds is 4. The van der Waals surface area contributed by atoms with Gasteiger partial charge in [0.2, 0.25) is 5.91 Å². The lowest BCUT2D eigenvalue weighted by atomic mass is 9.97. The quantitative estimate of drug-likeness (QED) is 0.559. The van der Waals surface area contributed by atoms with Gasteiger partial charge in [-0.15, -0.1) is 12.4 Å². The number of carbonyl (C=O) groups excluding carboxylic acids is 2. The van der Waals surface area contributed by atoms with Gasteiger partial charge in [0.05, 0.1) is 6.04 Å². The summed E-state index contributed by atoms with van der Waals surface area (Å²) in [6, 6.07) is -0.709. The molecule has 0 spiro atoms. The molecule has 0 aromatic carbocycles. The molecule has 0 radical (unpaired) electrons. The van der Waals surface area contributed by atoms with Gasteiger partial charge in [-0.1, -0.05) is 0 Å². The van der Waals surface area contributed by atoms with Gasteiger partial charge in [-0.05, 0) is 12.8 Å². The van der Waals surface area contributed by atoms with E-state index in [4.69, 9.17) is 10.8 Å². The molecule has 0 aliphatic carbocycles. The fourth-order valence-corrected chi connectivity index (χ4v) is 1.43. The minimum atomic E-state index is -0.709. The number of aliphatic hydroxyl groups excluding tert-OH is 1. The maximum atomic E-state index is 11.1. The van der Waals surface area contributed by atoms with Gasteiger partial charge >= 0.3 is 0 Å². The lowest BCUT2D eigenvalue weighted by Crippen LogP contribution is -2.36. The SMILES string of the molecule is Cl.NC(C[C@@H]1CCNC1=O)C(=O)CO. The van der Waals surface area contributed by atoms with Crippen molar-refractivity contribution in [2.45, 2.75) is 18.9 Å². The summed E-state index contributed by atoms with van der Waals surface area (Å²) in [5.74, 6) is -0.605. The molecular formula is C8H15ClN2O3. The molecule has 6 heteroatoms. The molecule has 1 aliphatic heterocycles. The van der Waals surface area contributed by atoms with Crippen LogP contribution in [-0.4, -0.2) is 36.0 Å². The molecule has 2 atom stereocenters. The standard InChI is InChI=1S/C8H14N2O3.ClH/c9-6(7(12)4-11)3-5-1-2-10-8(5)13;/h5-6,11H,1-4,9H2,(H,10,13);1H/t5-,6?;/m0./s1. The molecule has 5 nitrogen and oxygen atoms in total. The second kappa shape index (κ2) is 5.95. The number of ketones is 1. The lowest BCUT2D eigenvalue weighted by Gasteiger charge is -2.11. The third kappa shape index (κ3) is 3.25. The maximum absolute atomic E-state index is 11.1. The average molecular weight is 223 g/mol. The summed E-state index contributed by atoms with van der Waals surface area (Å²) in [4.78, 5) is 22.0. The predicted molar refractivity (Wildman–Crippen MR) is 53.0 cm³/mol. The van der Waals surface area contributed by atoms with Gasteiger partial charge < -0.3 is 16.2 Å². The molecule has 0 bridgehead atoms. The highest BCUT2D eigenvalue weighted by atomic mass is 35.5. The topological polar surface area (TPSA) is 92.4 Å². The summed E-state index contributed by atoms with van der Waals surface area (Å²) >= 11 is 0. The van der Waals surface area contributed by atoms with Crippen molar-refractivity contribution in [3.8, 4) is 0 Å². The molecule has 0 aromatic rings. The first kappa shape index (κ1) is 13.4. The van der Waals surface area contributed by atoms with Crippen molar-refractivity contribution < 1.29 is 14.7 Å². The van der Waals surface area contributed by atoms with Crippen molar-refractivity contribution >= 4 is 24.1 Å². The number of nitrogens with one attached hydrogen (secondary N) is 1. The van der Waals surface area contributed by atoms with E-state index < -0.39 is 18.4 Å². The first-order chi connectivity index (χ1) is 6.15. The van der Waals surface area contributed by atoms with E-state index in [9.17, 15) is 9.59 Å². The first-order valence-corrected chi connectivity index (χ1v) is 4.32. The number of hydrogen-bond donors (Lipinski definition) is 3. The summed E-state index contributed by atoms with van der Waals surface area (Å²) in [6.45, 7) is 0.110. The van der Waals surface area contributed by atoms with Crippen LogP contribution >= 0.6 is 12.4 Å². The Balaban J connectivity index is 0.00000169. The van der Waals surface area contributed by atoms with Crippen molar-refractivity contribution in [3.63, 3.8) is 0 Å². The van der Waals surface area contributed by atoms with E-state index in [0.717, 1.165) is 6.42 Å². The Kier molecular flexibility index (Phi) is 5.68. The average Bonchev–Trinajstić information content (AvgIpc) is 2.50. The summed E-state index contributed by atoms with van der Waals surface area (Å²) in [5, 5.41) is 11.2. The van der Waals surface area contributed by atoms with E-state index in [1.54, 1.807) is 0 Å². The molecular weight excluding hydrogens is 208 g/mol. The minimum Gasteiger partial charge on any atom is -0.389 e. The van der Waals surface area contributed by atoms with Crippen LogP contribution in [0.15, 0.2) is 0 Å². The van der Waals surface area contributed by atoms with Crippen molar-refractivity contribution in [2.24, 2.45) is 11.7 Å². The van der Waals surface area contributed by atoms with Gasteiger partial charge in [-0.2, -0.15) is 0 Å². The highest BCUT2D eigenvalue weighted by Gasteiger charge is 2.27. The van der Waals surface area contributed by atoms with E-state index in [1.165, 1.54) is 0 Å². The van der Waals surface area contributed by atoms with Crippen LogP contribution in [0.4, 0.5) is 0 Å². The van der Waals surface area contributed by atoms with E-state index in [1.807, 2.05) is 0 Å². The van der Waals surface area contributed by atoms with Crippen LogP contribution in [0.5, 0.6) is 0 Å². The Morgan fingerprint density at radius 2 is 2.36 bits per heavy atom. The minimum absolute atomic E-state index is 0. The number of carbonyl (C=O) groups is 2. The van der Waals surface area contributed by atoms with Gasteiger partial charge in [0, 0.05) is 12.5 Å². The molecule has 1 unspecified atom stereocenters. The lowest BCUT2D eigenvalue weighted by molar-refractivity contribution is -0.125. The smallest absolute Gasteiger partial charge is 0.223 e. The zero-order chi connectivity index (χ0) is 9.84. The number of hydrogen-bond acceptors (Lipinski definition) is 4. The molecule has 82 valence electrons. The van der Waals surface area contributed by atoms with Crippen molar-refractivity contribution in [1.82, 2.24) is 5.32 Å². The molecule has 0 aromatic heterocycles. The second-order valence-corrected chi connectivity index (χ2v) is 3.24.